The second kappa shape index (κ2) is 14.0. The van der Waals surface area contributed by atoms with Crippen molar-refractivity contribution in [1.29, 1.82) is 0 Å². The van der Waals surface area contributed by atoms with Gasteiger partial charge >= 0.3 is 0 Å². The highest BCUT2D eigenvalue weighted by Crippen LogP contribution is 2.29. The van der Waals surface area contributed by atoms with E-state index in [9.17, 15) is 14.0 Å². The molecule has 2 N–H and O–H groups in total. The average Bonchev–Trinajstić information content (AvgIpc) is 3.83. The molecule has 3 aliphatic heterocycles. The Balaban J connectivity index is 0.790. The first-order valence-corrected chi connectivity index (χ1v) is 17.5. The summed E-state index contributed by atoms with van der Waals surface area (Å²) in [6, 6.07) is 15.3. The Labute approximate surface area is 289 Å². The van der Waals surface area contributed by atoms with Crippen LogP contribution in [0.1, 0.15) is 43.2 Å². The minimum Gasteiger partial charge on any atom is -0.369 e. The Bertz CT molecular complexity index is 1980. The fourth-order valence-corrected chi connectivity index (χ4v) is 7.46. The lowest BCUT2D eigenvalue weighted by atomic mass is 9.90. The van der Waals surface area contributed by atoms with E-state index in [-0.39, 0.29) is 23.5 Å². The smallest absolute Gasteiger partial charge is 0.234 e. The van der Waals surface area contributed by atoms with E-state index in [0.717, 1.165) is 76.5 Å². The number of aromatic nitrogens is 5. The van der Waals surface area contributed by atoms with Gasteiger partial charge < -0.3 is 15.1 Å². The second-order valence-corrected chi connectivity index (χ2v) is 13.4. The van der Waals surface area contributed by atoms with Crippen molar-refractivity contribution in [2.45, 2.75) is 37.6 Å². The predicted molar refractivity (Wildman–Crippen MR) is 189 cm³/mol. The van der Waals surface area contributed by atoms with Gasteiger partial charge in [0.05, 0.1) is 35.7 Å². The number of carbonyl (C=O) groups is 2. The van der Waals surface area contributed by atoms with Gasteiger partial charge in [0.25, 0.3) is 0 Å². The average molecular weight is 677 g/mol. The van der Waals surface area contributed by atoms with Crippen molar-refractivity contribution in [2.24, 2.45) is 0 Å². The first kappa shape index (κ1) is 32.1. The van der Waals surface area contributed by atoms with E-state index in [4.69, 9.17) is 0 Å². The van der Waals surface area contributed by atoms with E-state index in [1.165, 1.54) is 11.8 Å². The molecule has 3 aliphatic rings. The molecule has 2 aromatic carbocycles. The summed E-state index contributed by atoms with van der Waals surface area (Å²) in [5.41, 5.74) is 4.74. The predicted octanol–water partition coefficient (Wildman–Crippen LogP) is 4.45. The fourth-order valence-electron chi connectivity index (χ4n) is 7.46. The molecule has 0 bridgehead atoms. The number of imidazole rings is 1. The number of halogens is 1. The Morgan fingerprint density at radius 2 is 1.62 bits per heavy atom. The van der Waals surface area contributed by atoms with Crippen molar-refractivity contribution in [3.05, 3.63) is 90.9 Å². The Morgan fingerprint density at radius 1 is 0.860 bits per heavy atom. The number of nitrogens with zero attached hydrogens (tertiary/aromatic N) is 8. The molecule has 0 radical (unpaired) electrons. The zero-order valence-corrected chi connectivity index (χ0v) is 27.9. The van der Waals surface area contributed by atoms with Crippen molar-refractivity contribution >= 4 is 34.7 Å². The topological polar surface area (TPSA) is 116 Å². The monoisotopic (exact) mass is 676 g/mol. The maximum Gasteiger partial charge on any atom is 0.234 e. The number of benzene rings is 2. The number of rotatable bonds is 9. The summed E-state index contributed by atoms with van der Waals surface area (Å²) in [6.07, 6.45) is 12.1. The van der Waals surface area contributed by atoms with Crippen molar-refractivity contribution in [2.75, 3.05) is 62.6 Å². The third kappa shape index (κ3) is 6.70. The molecule has 5 aromatic rings. The number of amides is 2. The van der Waals surface area contributed by atoms with Gasteiger partial charge in [-0.15, -0.1) is 0 Å². The van der Waals surface area contributed by atoms with Gasteiger partial charge in [-0.1, -0.05) is 24.3 Å². The molecule has 3 saturated heterocycles. The van der Waals surface area contributed by atoms with Crippen LogP contribution in [0.5, 0.6) is 0 Å². The molecule has 1 unspecified atom stereocenters. The molecule has 6 heterocycles. The summed E-state index contributed by atoms with van der Waals surface area (Å²) in [7, 11) is 0. The van der Waals surface area contributed by atoms with Gasteiger partial charge in [0, 0.05) is 88.6 Å². The van der Waals surface area contributed by atoms with Gasteiger partial charge in [-0.05, 0) is 49.1 Å². The van der Waals surface area contributed by atoms with E-state index in [2.05, 4.69) is 57.2 Å². The molecule has 1 atom stereocenters. The van der Waals surface area contributed by atoms with E-state index < -0.39 is 0 Å². The number of hydrogen-bond acceptors (Lipinski definition) is 9. The largest absolute Gasteiger partial charge is 0.369 e. The van der Waals surface area contributed by atoms with Crippen molar-refractivity contribution in [3.63, 3.8) is 0 Å². The third-order valence-corrected chi connectivity index (χ3v) is 10.4. The molecule has 0 spiro atoms. The van der Waals surface area contributed by atoms with Gasteiger partial charge in [0.2, 0.25) is 11.8 Å². The summed E-state index contributed by atoms with van der Waals surface area (Å²) in [4.78, 5) is 40.4. The van der Waals surface area contributed by atoms with Gasteiger partial charge in [-0.3, -0.25) is 28.9 Å². The molecule has 2 amide bonds. The van der Waals surface area contributed by atoms with Crippen molar-refractivity contribution in [1.82, 2.24) is 39.3 Å². The highest BCUT2D eigenvalue weighted by molar-refractivity contribution is 6.01. The quantitative estimate of drug-likeness (QED) is 0.219. The summed E-state index contributed by atoms with van der Waals surface area (Å²) in [6.45, 7) is 8.23. The van der Waals surface area contributed by atoms with Crippen LogP contribution in [-0.2, 0) is 9.59 Å². The standard InChI is InChI=1S/C37H41FN10O2/c38-32-4-2-1-3-31(32)33-24-40-35(36-39-13-16-47(33)36)42-27-23-41-48(25-27)29-11-14-44(15-12-29)17-18-45-19-21-46(22-20-45)28-7-5-26(6-8-28)30-9-10-34(49)43-37(30)50/h1-8,13,16,23-25,29-30H,9-12,14-15,17-22H2,(H,40,42)(H,43,49,50). The van der Waals surface area contributed by atoms with E-state index >= 15 is 0 Å². The van der Waals surface area contributed by atoms with Crippen LogP contribution in [0.25, 0.3) is 16.9 Å². The Morgan fingerprint density at radius 3 is 2.38 bits per heavy atom. The van der Waals surface area contributed by atoms with E-state index in [1.54, 1.807) is 24.5 Å². The highest BCUT2D eigenvalue weighted by atomic mass is 19.1. The fraction of sp³-hybridized carbons (Fsp3) is 0.378. The number of carbonyl (C=O) groups excluding carboxylic acids is 2. The molecule has 258 valence electrons. The van der Waals surface area contributed by atoms with Gasteiger partial charge in [-0.25, -0.2) is 14.4 Å². The van der Waals surface area contributed by atoms with Crippen LogP contribution in [0.4, 0.5) is 21.6 Å². The van der Waals surface area contributed by atoms with Crippen LogP contribution < -0.4 is 15.5 Å². The molecule has 50 heavy (non-hydrogen) atoms. The van der Waals surface area contributed by atoms with Crippen LogP contribution >= 0.6 is 0 Å². The Hall–Kier alpha value is -5.14. The van der Waals surface area contributed by atoms with E-state index in [1.807, 2.05) is 41.2 Å². The van der Waals surface area contributed by atoms with Crippen LogP contribution in [0, 0.1) is 5.82 Å². The summed E-state index contributed by atoms with van der Waals surface area (Å²) >= 11 is 0. The molecule has 8 rings (SSSR count). The summed E-state index contributed by atoms with van der Waals surface area (Å²) in [5.74, 6) is -0.319. The van der Waals surface area contributed by atoms with Crippen LogP contribution in [0.3, 0.4) is 0 Å². The Kier molecular flexibility index (Phi) is 8.98. The molecule has 13 heteroatoms. The molecule has 0 saturated carbocycles. The SMILES string of the molecule is O=C1CCC(c2ccc(N3CCN(CCN4CCC(n5cc(Nc6ncc(-c7ccccc7F)n7ccnc67)cn5)CC4)CC3)cc2)C(=O)N1. The van der Waals surface area contributed by atoms with E-state index in [0.29, 0.717) is 41.6 Å². The van der Waals surface area contributed by atoms with Crippen LogP contribution in [0.15, 0.2) is 79.5 Å². The number of nitrogens with one attached hydrogen (secondary N) is 2. The van der Waals surface area contributed by atoms with Gasteiger partial charge in [-0.2, -0.15) is 5.10 Å². The van der Waals surface area contributed by atoms with Gasteiger partial charge in [0.1, 0.15) is 5.82 Å². The number of piperazine rings is 1. The van der Waals surface area contributed by atoms with Crippen LogP contribution in [-0.4, -0.2) is 98.1 Å². The highest BCUT2D eigenvalue weighted by Gasteiger charge is 2.28. The summed E-state index contributed by atoms with van der Waals surface area (Å²) in [5, 5.41) is 10.5. The van der Waals surface area contributed by atoms with Gasteiger partial charge in [0.15, 0.2) is 11.5 Å². The lowest BCUT2D eigenvalue weighted by molar-refractivity contribution is -0.134. The number of fused-ring (bicyclic) bond motifs is 1. The third-order valence-electron chi connectivity index (χ3n) is 10.4. The van der Waals surface area contributed by atoms with Crippen molar-refractivity contribution in [3.8, 4) is 11.3 Å². The van der Waals surface area contributed by atoms with Crippen LogP contribution in [0.2, 0.25) is 0 Å². The molecule has 12 nitrogen and oxygen atoms in total. The first-order chi connectivity index (χ1) is 24.5. The molecular formula is C37H41FN10O2. The lowest BCUT2D eigenvalue weighted by Gasteiger charge is -2.38. The maximum atomic E-state index is 14.5. The number of anilines is 3. The zero-order valence-electron chi connectivity index (χ0n) is 27.9. The normalized spacial score (nSPS) is 19.6. The molecular weight excluding hydrogens is 635 g/mol. The molecule has 3 aromatic heterocycles. The summed E-state index contributed by atoms with van der Waals surface area (Å²) < 4.78 is 18.4. The maximum absolute atomic E-state index is 14.5. The molecule has 3 fully saturated rings. The van der Waals surface area contributed by atoms with Crippen molar-refractivity contribution < 1.29 is 14.0 Å². The zero-order chi connectivity index (χ0) is 34.0. The lowest BCUT2D eigenvalue weighted by Crippen LogP contribution is -2.49. The number of hydrogen-bond donors (Lipinski definition) is 2. The number of imide groups is 1. The number of piperidine rings is 2. The minimum absolute atomic E-state index is 0.179. The number of likely N-dealkylation sites (tertiary alicyclic amines) is 1. The molecule has 0 aliphatic carbocycles. The minimum atomic E-state index is -0.301. The first-order valence-electron chi connectivity index (χ1n) is 17.5. The second-order valence-electron chi connectivity index (χ2n) is 13.4.